The Morgan fingerprint density at radius 2 is 1.50 bits per heavy atom. The van der Waals surface area contributed by atoms with Crippen molar-refractivity contribution in [2.24, 2.45) is 0 Å². The predicted molar refractivity (Wildman–Crippen MR) is 104 cm³/mol. The van der Waals surface area contributed by atoms with E-state index in [4.69, 9.17) is 9.47 Å². The van der Waals surface area contributed by atoms with Crippen LogP contribution in [0.3, 0.4) is 0 Å². The third-order valence-electron chi connectivity index (χ3n) is 4.80. The number of carbonyl (C=O) groups is 4. The Bertz CT molecular complexity index is 1050. The first kappa shape index (κ1) is 21.0. The third kappa shape index (κ3) is 3.52. The lowest BCUT2D eigenvalue weighted by Crippen LogP contribution is -2.24. The number of benzene rings is 2. The molecule has 8 heteroatoms. The molecule has 0 aliphatic heterocycles. The van der Waals surface area contributed by atoms with Crippen molar-refractivity contribution in [3.05, 3.63) is 58.1 Å². The Balaban J connectivity index is 2.18. The van der Waals surface area contributed by atoms with Crippen LogP contribution in [-0.2, 0) is 19.1 Å². The number of rotatable bonds is 6. The molecule has 3 rings (SSSR count). The molecular weight excluding hydrogens is 392 g/mol. The maximum atomic E-state index is 13.0. The molecule has 0 saturated heterocycles. The summed E-state index contributed by atoms with van der Waals surface area (Å²) in [5.74, 6) is -5.43. The average Bonchev–Trinajstić information content (AvgIpc) is 2.72. The fourth-order valence-electron chi connectivity index (χ4n) is 3.49. The first-order valence-electron chi connectivity index (χ1n) is 9.41. The summed E-state index contributed by atoms with van der Waals surface area (Å²) in [7, 11) is 0. The lowest BCUT2D eigenvalue weighted by Gasteiger charge is -2.23. The molecule has 8 nitrogen and oxygen atoms in total. The number of phenols is 2. The van der Waals surface area contributed by atoms with Crippen LogP contribution in [0.2, 0.25) is 0 Å². The molecule has 1 unspecified atom stereocenters. The van der Waals surface area contributed by atoms with Crippen LogP contribution in [0.25, 0.3) is 0 Å². The summed E-state index contributed by atoms with van der Waals surface area (Å²) in [4.78, 5) is 50.3. The quantitative estimate of drug-likeness (QED) is 0.467. The summed E-state index contributed by atoms with van der Waals surface area (Å²) in [6.45, 7) is 3.27. The molecular formula is C22H20O8. The Morgan fingerprint density at radius 1 is 0.933 bits per heavy atom. The number of aromatic hydroxyl groups is 2. The zero-order chi connectivity index (χ0) is 22.0. The first-order chi connectivity index (χ1) is 14.3. The van der Waals surface area contributed by atoms with Gasteiger partial charge in [0.2, 0.25) is 0 Å². The standard InChI is InChI=1S/C22H20O8/c1-3-29-16(24)10-14(22(28)30-4-2)13-9-15(23)17-18(21(13)27)20(26)12-8-6-5-7-11(12)19(17)25/h5-9,14,23,27H,3-4,10H2,1-2H3. The van der Waals surface area contributed by atoms with Crippen molar-refractivity contribution in [1.82, 2.24) is 0 Å². The largest absolute Gasteiger partial charge is 0.507 e. The van der Waals surface area contributed by atoms with E-state index in [-0.39, 0.29) is 35.5 Å². The number of esters is 2. The molecule has 0 saturated carbocycles. The number of hydrogen-bond donors (Lipinski definition) is 2. The van der Waals surface area contributed by atoms with Gasteiger partial charge in [0.05, 0.1) is 36.7 Å². The minimum absolute atomic E-state index is 0.0145. The second-order valence-electron chi connectivity index (χ2n) is 6.60. The molecule has 1 atom stereocenters. The summed E-state index contributed by atoms with van der Waals surface area (Å²) in [5, 5.41) is 21.4. The Labute approximate surface area is 172 Å². The summed E-state index contributed by atoms with van der Waals surface area (Å²) >= 11 is 0. The van der Waals surface area contributed by atoms with Crippen molar-refractivity contribution >= 4 is 23.5 Å². The molecule has 0 spiro atoms. The van der Waals surface area contributed by atoms with Crippen LogP contribution in [0.1, 0.15) is 63.6 Å². The van der Waals surface area contributed by atoms with Gasteiger partial charge in [0, 0.05) is 16.7 Å². The molecule has 2 aromatic carbocycles. The lowest BCUT2D eigenvalue weighted by atomic mass is 9.80. The van der Waals surface area contributed by atoms with Crippen LogP contribution in [0, 0.1) is 0 Å². The summed E-state index contributed by atoms with van der Waals surface area (Å²) in [5.41, 5.74) is -0.783. The van der Waals surface area contributed by atoms with Gasteiger partial charge in [-0.3, -0.25) is 19.2 Å². The molecule has 0 fully saturated rings. The van der Waals surface area contributed by atoms with Gasteiger partial charge in [-0.15, -0.1) is 0 Å². The minimum atomic E-state index is -1.33. The molecule has 30 heavy (non-hydrogen) atoms. The van der Waals surface area contributed by atoms with E-state index in [1.165, 1.54) is 12.1 Å². The predicted octanol–water partition coefficient (Wildman–Crippen LogP) is 2.47. The molecule has 0 bridgehead atoms. The molecule has 1 aliphatic rings. The van der Waals surface area contributed by atoms with Gasteiger partial charge in [-0.05, 0) is 19.9 Å². The average molecular weight is 412 g/mol. The van der Waals surface area contributed by atoms with Crippen molar-refractivity contribution in [2.75, 3.05) is 13.2 Å². The topological polar surface area (TPSA) is 127 Å². The van der Waals surface area contributed by atoms with Gasteiger partial charge in [-0.1, -0.05) is 24.3 Å². The van der Waals surface area contributed by atoms with Gasteiger partial charge in [0.15, 0.2) is 11.6 Å². The van der Waals surface area contributed by atoms with E-state index in [1.807, 2.05) is 0 Å². The van der Waals surface area contributed by atoms with Gasteiger partial charge in [0.25, 0.3) is 0 Å². The van der Waals surface area contributed by atoms with Crippen molar-refractivity contribution in [3.63, 3.8) is 0 Å². The second-order valence-corrected chi connectivity index (χ2v) is 6.60. The van der Waals surface area contributed by atoms with Gasteiger partial charge in [-0.2, -0.15) is 0 Å². The van der Waals surface area contributed by atoms with Gasteiger partial charge in [0.1, 0.15) is 11.5 Å². The highest BCUT2D eigenvalue weighted by Gasteiger charge is 2.38. The molecule has 2 N–H and O–H groups in total. The van der Waals surface area contributed by atoms with Crippen LogP contribution in [-0.4, -0.2) is 46.9 Å². The molecule has 0 amide bonds. The van der Waals surface area contributed by atoms with Crippen LogP contribution < -0.4 is 0 Å². The molecule has 2 aromatic rings. The number of fused-ring (bicyclic) bond motifs is 2. The van der Waals surface area contributed by atoms with Crippen LogP contribution in [0.5, 0.6) is 11.5 Å². The number of carbonyl (C=O) groups excluding carboxylic acids is 4. The molecule has 0 aromatic heterocycles. The van der Waals surface area contributed by atoms with Crippen molar-refractivity contribution in [2.45, 2.75) is 26.2 Å². The third-order valence-corrected chi connectivity index (χ3v) is 4.80. The highest BCUT2D eigenvalue weighted by Crippen LogP contribution is 2.43. The Hall–Kier alpha value is -3.68. The number of hydrogen-bond acceptors (Lipinski definition) is 8. The van der Waals surface area contributed by atoms with Crippen molar-refractivity contribution < 1.29 is 38.9 Å². The van der Waals surface area contributed by atoms with E-state index in [0.29, 0.717) is 0 Å². The Kier molecular flexibility index (Phi) is 5.86. The number of phenolic OH excluding ortho intramolecular Hbond substituents is 2. The minimum Gasteiger partial charge on any atom is -0.507 e. The monoisotopic (exact) mass is 412 g/mol. The fraction of sp³-hybridized carbons (Fsp3) is 0.273. The lowest BCUT2D eigenvalue weighted by molar-refractivity contribution is -0.151. The highest BCUT2D eigenvalue weighted by molar-refractivity contribution is 6.30. The van der Waals surface area contributed by atoms with E-state index >= 15 is 0 Å². The van der Waals surface area contributed by atoms with E-state index in [0.717, 1.165) is 6.07 Å². The van der Waals surface area contributed by atoms with E-state index < -0.39 is 52.9 Å². The molecule has 0 radical (unpaired) electrons. The molecule has 156 valence electrons. The maximum Gasteiger partial charge on any atom is 0.314 e. The zero-order valence-electron chi connectivity index (χ0n) is 16.4. The first-order valence-corrected chi connectivity index (χ1v) is 9.41. The summed E-state index contributed by atoms with van der Waals surface area (Å²) in [6.07, 6.45) is -0.475. The van der Waals surface area contributed by atoms with Crippen LogP contribution in [0.4, 0.5) is 0 Å². The van der Waals surface area contributed by atoms with E-state index in [1.54, 1.807) is 26.0 Å². The smallest absolute Gasteiger partial charge is 0.314 e. The van der Waals surface area contributed by atoms with Gasteiger partial charge < -0.3 is 19.7 Å². The second kappa shape index (κ2) is 8.36. The molecule has 0 heterocycles. The van der Waals surface area contributed by atoms with Crippen molar-refractivity contribution in [1.29, 1.82) is 0 Å². The maximum absolute atomic E-state index is 13.0. The SMILES string of the molecule is CCOC(=O)CC(C(=O)OCC)c1cc(O)c2c(c1O)C(=O)c1ccccc1C2=O. The Morgan fingerprint density at radius 3 is 2.07 bits per heavy atom. The van der Waals surface area contributed by atoms with E-state index in [2.05, 4.69) is 0 Å². The number of ether oxygens (including phenoxy) is 2. The van der Waals surface area contributed by atoms with Gasteiger partial charge in [-0.25, -0.2) is 0 Å². The van der Waals surface area contributed by atoms with Crippen LogP contribution in [0.15, 0.2) is 30.3 Å². The van der Waals surface area contributed by atoms with E-state index in [9.17, 15) is 29.4 Å². The van der Waals surface area contributed by atoms with Crippen LogP contribution >= 0.6 is 0 Å². The summed E-state index contributed by atoms with van der Waals surface area (Å²) in [6, 6.07) is 7.04. The fourth-order valence-corrected chi connectivity index (χ4v) is 3.49. The summed E-state index contributed by atoms with van der Waals surface area (Å²) < 4.78 is 9.87. The highest BCUT2D eigenvalue weighted by atomic mass is 16.5. The number of ketones is 2. The zero-order valence-corrected chi connectivity index (χ0v) is 16.4. The molecule has 1 aliphatic carbocycles. The van der Waals surface area contributed by atoms with Gasteiger partial charge >= 0.3 is 11.9 Å². The van der Waals surface area contributed by atoms with Crippen molar-refractivity contribution in [3.8, 4) is 11.5 Å². The normalized spacial score (nSPS) is 13.3.